The van der Waals surface area contributed by atoms with Crippen LogP contribution in [-0.2, 0) is 0 Å². The number of nitrogens with zero attached hydrogens (tertiary/aromatic N) is 3. The Balaban J connectivity index is 1.54. The number of hydrogen-bond acceptors (Lipinski definition) is 5. The molecule has 1 aromatic heterocycles. The SMILES string of the molecule is O[C@H]1CCN(C2CCN(c3nccs3)CC2)C1. The average Bonchev–Trinajstić information content (AvgIpc) is 3.00. The number of piperidine rings is 1. The molecule has 5 heteroatoms. The van der Waals surface area contributed by atoms with Gasteiger partial charge in [0.2, 0.25) is 0 Å². The normalized spacial score (nSPS) is 27.8. The number of β-amino-alcohol motifs (C(OH)–C–C–N with tert-alkyl or cyclic N) is 1. The van der Waals surface area contributed by atoms with E-state index in [9.17, 15) is 5.11 Å². The zero-order valence-corrected chi connectivity index (χ0v) is 10.8. The fraction of sp³-hybridized carbons (Fsp3) is 0.750. The lowest BCUT2D eigenvalue weighted by Crippen LogP contribution is -2.44. The Morgan fingerprint density at radius 1 is 1.24 bits per heavy atom. The topological polar surface area (TPSA) is 39.6 Å². The quantitative estimate of drug-likeness (QED) is 0.859. The highest BCUT2D eigenvalue weighted by Crippen LogP contribution is 2.25. The van der Waals surface area contributed by atoms with Crippen molar-refractivity contribution in [1.29, 1.82) is 0 Å². The Morgan fingerprint density at radius 2 is 2.06 bits per heavy atom. The maximum absolute atomic E-state index is 9.57. The number of hydrogen-bond donors (Lipinski definition) is 1. The maximum atomic E-state index is 9.57. The predicted molar refractivity (Wildman–Crippen MR) is 69.5 cm³/mol. The third-order valence-corrected chi connectivity index (χ3v) is 4.70. The molecule has 0 aromatic carbocycles. The van der Waals surface area contributed by atoms with Crippen LogP contribution in [0.4, 0.5) is 5.13 Å². The van der Waals surface area contributed by atoms with Gasteiger partial charge in [-0.15, -0.1) is 11.3 Å². The Hall–Kier alpha value is -0.650. The Morgan fingerprint density at radius 3 is 2.65 bits per heavy atom. The fourth-order valence-electron chi connectivity index (χ4n) is 2.89. The second-order valence-corrected chi connectivity index (χ2v) is 5.84. The zero-order chi connectivity index (χ0) is 11.7. The summed E-state index contributed by atoms with van der Waals surface area (Å²) in [6.45, 7) is 4.15. The van der Waals surface area contributed by atoms with Crippen molar-refractivity contribution in [3.63, 3.8) is 0 Å². The molecule has 1 atom stereocenters. The molecular weight excluding hydrogens is 234 g/mol. The Labute approximate surface area is 106 Å². The summed E-state index contributed by atoms with van der Waals surface area (Å²) in [6.07, 6.45) is 5.14. The second-order valence-electron chi connectivity index (χ2n) is 4.97. The van der Waals surface area contributed by atoms with Crippen LogP contribution >= 0.6 is 11.3 Å². The van der Waals surface area contributed by atoms with E-state index in [1.807, 2.05) is 11.6 Å². The van der Waals surface area contributed by atoms with Gasteiger partial charge in [-0.2, -0.15) is 0 Å². The molecule has 1 aromatic rings. The first kappa shape index (κ1) is 11.4. The lowest BCUT2D eigenvalue weighted by Gasteiger charge is -2.36. The maximum Gasteiger partial charge on any atom is 0.185 e. The van der Waals surface area contributed by atoms with Crippen LogP contribution in [0.25, 0.3) is 0 Å². The number of likely N-dealkylation sites (tertiary alicyclic amines) is 1. The molecule has 1 N–H and O–H groups in total. The van der Waals surface area contributed by atoms with E-state index >= 15 is 0 Å². The van der Waals surface area contributed by atoms with Gasteiger partial charge in [-0.1, -0.05) is 0 Å². The summed E-state index contributed by atoms with van der Waals surface area (Å²) >= 11 is 1.72. The molecule has 0 radical (unpaired) electrons. The molecule has 0 aliphatic carbocycles. The smallest absolute Gasteiger partial charge is 0.185 e. The molecule has 2 aliphatic heterocycles. The second kappa shape index (κ2) is 4.92. The molecule has 4 nitrogen and oxygen atoms in total. The highest BCUT2D eigenvalue weighted by atomic mass is 32.1. The Bertz CT molecular complexity index is 349. The van der Waals surface area contributed by atoms with Gasteiger partial charge in [-0.3, -0.25) is 4.90 Å². The summed E-state index contributed by atoms with van der Waals surface area (Å²) in [7, 11) is 0. The molecule has 0 unspecified atom stereocenters. The molecule has 0 bridgehead atoms. The summed E-state index contributed by atoms with van der Waals surface area (Å²) in [4.78, 5) is 9.21. The first-order valence-electron chi connectivity index (χ1n) is 6.39. The molecule has 2 saturated heterocycles. The molecule has 0 saturated carbocycles. The van der Waals surface area contributed by atoms with Crippen molar-refractivity contribution in [3.05, 3.63) is 11.6 Å². The van der Waals surface area contributed by atoms with Gasteiger partial charge in [-0.25, -0.2) is 4.98 Å². The van der Waals surface area contributed by atoms with Crippen molar-refractivity contribution in [3.8, 4) is 0 Å². The lowest BCUT2D eigenvalue weighted by molar-refractivity contribution is 0.148. The van der Waals surface area contributed by atoms with Crippen molar-refractivity contribution >= 4 is 16.5 Å². The number of thiazole rings is 1. The minimum atomic E-state index is -0.0907. The van der Waals surface area contributed by atoms with Gasteiger partial charge >= 0.3 is 0 Å². The molecule has 2 aliphatic rings. The van der Waals surface area contributed by atoms with Crippen LogP contribution in [-0.4, -0.2) is 53.3 Å². The van der Waals surface area contributed by atoms with Gasteiger partial charge in [0.05, 0.1) is 6.10 Å². The van der Waals surface area contributed by atoms with Gasteiger partial charge in [-0.05, 0) is 19.3 Å². The molecule has 94 valence electrons. The van der Waals surface area contributed by atoms with E-state index < -0.39 is 0 Å². The van der Waals surface area contributed by atoms with Crippen LogP contribution in [0.3, 0.4) is 0 Å². The van der Waals surface area contributed by atoms with Crippen LogP contribution in [0.1, 0.15) is 19.3 Å². The summed E-state index contributed by atoms with van der Waals surface area (Å²) < 4.78 is 0. The van der Waals surface area contributed by atoms with Crippen LogP contribution in [0.5, 0.6) is 0 Å². The van der Waals surface area contributed by atoms with Crippen molar-refractivity contribution in [2.45, 2.75) is 31.4 Å². The molecule has 0 amide bonds. The number of anilines is 1. The monoisotopic (exact) mass is 253 g/mol. The average molecular weight is 253 g/mol. The van der Waals surface area contributed by atoms with E-state index in [4.69, 9.17) is 0 Å². The van der Waals surface area contributed by atoms with E-state index in [1.165, 1.54) is 12.8 Å². The molecule has 2 fully saturated rings. The predicted octanol–water partition coefficient (Wildman–Crippen LogP) is 1.18. The van der Waals surface area contributed by atoms with Crippen molar-refractivity contribution in [2.75, 3.05) is 31.1 Å². The van der Waals surface area contributed by atoms with Crippen LogP contribution in [0.2, 0.25) is 0 Å². The summed E-state index contributed by atoms with van der Waals surface area (Å²) in [5.74, 6) is 0. The van der Waals surface area contributed by atoms with E-state index in [2.05, 4.69) is 14.8 Å². The molecule has 17 heavy (non-hydrogen) atoms. The summed E-state index contributed by atoms with van der Waals surface area (Å²) in [5, 5.41) is 12.8. The number of rotatable bonds is 2. The largest absolute Gasteiger partial charge is 0.392 e. The molecule has 3 heterocycles. The van der Waals surface area contributed by atoms with E-state index in [-0.39, 0.29) is 6.10 Å². The van der Waals surface area contributed by atoms with E-state index in [0.29, 0.717) is 6.04 Å². The van der Waals surface area contributed by atoms with Crippen LogP contribution in [0, 0.1) is 0 Å². The van der Waals surface area contributed by atoms with E-state index in [1.54, 1.807) is 11.3 Å². The fourth-order valence-corrected chi connectivity index (χ4v) is 3.59. The standard InChI is InChI=1S/C12H19N3OS/c16-11-3-7-15(9-11)10-1-5-14(6-2-10)12-13-4-8-17-12/h4,8,10-11,16H,1-3,5-7,9H2/t11-/m0/s1. The Kier molecular flexibility index (Phi) is 3.31. The van der Waals surface area contributed by atoms with Gasteiger partial charge in [0.1, 0.15) is 0 Å². The highest BCUT2D eigenvalue weighted by molar-refractivity contribution is 7.13. The van der Waals surface area contributed by atoms with Gasteiger partial charge in [0.25, 0.3) is 0 Å². The van der Waals surface area contributed by atoms with Gasteiger partial charge in [0.15, 0.2) is 5.13 Å². The van der Waals surface area contributed by atoms with Crippen LogP contribution in [0.15, 0.2) is 11.6 Å². The minimum absolute atomic E-state index is 0.0907. The van der Waals surface area contributed by atoms with Gasteiger partial charge in [0, 0.05) is 43.8 Å². The van der Waals surface area contributed by atoms with E-state index in [0.717, 1.165) is 37.7 Å². The third kappa shape index (κ3) is 2.46. The van der Waals surface area contributed by atoms with Crippen LogP contribution < -0.4 is 4.90 Å². The minimum Gasteiger partial charge on any atom is -0.392 e. The number of aliphatic hydroxyl groups excluding tert-OH is 1. The van der Waals surface area contributed by atoms with Crippen molar-refractivity contribution in [2.24, 2.45) is 0 Å². The van der Waals surface area contributed by atoms with Crippen molar-refractivity contribution in [1.82, 2.24) is 9.88 Å². The molecule has 3 rings (SSSR count). The number of aliphatic hydroxyl groups is 1. The van der Waals surface area contributed by atoms with Gasteiger partial charge < -0.3 is 10.0 Å². The lowest BCUT2D eigenvalue weighted by atomic mass is 10.0. The number of aromatic nitrogens is 1. The zero-order valence-electron chi connectivity index (χ0n) is 9.96. The summed E-state index contributed by atoms with van der Waals surface area (Å²) in [5.41, 5.74) is 0. The molecule has 0 spiro atoms. The third-order valence-electron chi connectivity index (χ3n) is 3.87. The first-order chi connectivity index (χ1) is 8.33. The first-order valence-corrected chi connectivity index (χ1v) is 7.27. The highest BCUT2D eigenvalue weighted by Gasteiger charge is 2.30. The summed E-state index contributed by atoms with van der Waals surface area (Å²) in [6, 6.07) is 0.670. The molecular formula is C12H19N3OS. The van der Waals surface area contributed by atoms with Crippen molar-refractivity contribution < 1.29 is 5.11 Å².